The molecule has 0 radical (unpaired) electrons. The molecule has 0 aromatic heterocycles. The van der Waals surface area contributed by atoms with E-state index < -0.39 is 0 Å². The fourth-order valence-corrected chi connectivity index (χ4v) is 3.20. The smallest absolute Gasteiger partial charge is 0.337 e. The van der Waals surface area contributed by atoms with Crippen molar-refractivity contribution in [3.8, 4) is 0 Å². The number of hydrogen-bond acceptors (Lipinski definition) is 3. The van der Waals surface area contributed by atoms with Gasteiger partial charge in [-0.25, -0.2) is 4.79 Å². The normalized spacial score (nSPS) is 22.6. The largest absolute Gasteiger partial charge is 0.465 e. The minimum Gasteiger partial charge on any atom is -0.465 e. The van der Waals surface area contributed by atoms with Crippen LogP contribution in [0.25, 0.3) is 0 Å². The molecule has 0 heterocycles. The van der Waals surface area contributed by atoms with Gasteiger partial charge in [-0.3, -0.25) is 0 Å². The Labute approximate surface area is 121 Å². The van der Waals surface area contributed by atoms with Crippen LogP contribution in [0.1, 0.15) is 49.9 Å². The lowest BCUT2D eigenvalue weighted by atomic mass is 9.78. The van der Waals surface area contributed by atoms with Crippen molar-refractivity contribution >= 4 is 11.7 Å². The molecule has 0 saturated heterocycles. The highest BCUT2D eigenvalue weighted by Crippen LogP contribution is 2.32. The van der Waals surface area contributed by atoms with Gasteiger partial charge in [0.25, 0.3) is 0 Å². The Hall–Kier alpha value is -1.51. The van der Waals surface area contributed by atoms with E-state index in [2.05, 4.69) is 19.2 Å². The topological polar surface area (TPSA) is 38.3 Å². The molecule has 1 N–H and O–H groups in total. The molecule has 1 saturated carbocycles. The van der Waals surface area contributed by atoms with Crippen LogP contribution < -0.4 is 5.32 Å². The average molecular weight is 275 g/mol. The predicted octanol–water partition coefficient (Wildman–Crippen LogP) is 4.10. The maximum absolute atomic E-state index is 11.6. The van der Waals surface area contributed by atoms with E-state index in [-0.39, 0.29) is 5.97 Å². The van der Waals surface area contributed by atoms with E-state index in [0.717, 1.165) is 5.69 Å². The molecule has 20 heavy (non-hydrogen) atoms. The van der Waals surface area contributed by atoms with Gasteiger partial charge in [0.2, 0.25) is 0 Å². The lowest BCUT2D eigenvalue weighted by Gasteiger charge is -2.35. The second kappa shape index (κ2) is 6.78. The van der Waals surface area contributed by atoms with Gasteiger partial charge in [0.05, 0.1) is 12.7 Å². The van der Waals surface area contributed by atoms with Crippen LogP contribution in [-0.2, 0) is 4.74 Å². The monoisotopic (exact) mass is 275 g/mol. The van der Waals surface area contributed by atoms with Crippen LogP contribution in [0.4, 0.5) is 5.69 Å². The van der Waals surface area contributed by atoms with Crippen molar-refractivity contribution in [3.63, 3.8) is 0 Å². The van der Waals surface area contributed by atoms with Gasteiger partial charge in [0, 0.05) is 11.7 Å². The molecule has 1 aromatic rings. The Morgan fingerprint density at radius 2 is 2.05 bits per heavy atom. The number of ether oxygens (including phenoxy) is 1. The first-order valence-corrected chi connectivity index (χ1v) is 7.56. The Morgan fingerprint density at radius 3 is 2.75 bits per heavy atom. The van der Waals surface area contributed by atoms with E-state index in [1.165, 1.54) is 32.8 Å². The number of hydrogen-bond donors (Lipinski definition) is 1. The standard InChI is InChI=1S/C17H25NO2/c1-12(2)15-9-4-5-10-16(15)18-14-8-6-7-13(11-14)17(19)20-3/h6-8,11-12,15-16,18H,4-5,9-10H2,1-3H3. The second-order valence-electron chi connectivity index (χ2n) is 6.02. The van der Waals surface area contributed by atoms with Crippen molar-refractivity contribution in [2.24, 2.45) is 11.8 Å². The summed E-state index contributed by atoms with van der Waals surface area (Å²) in [6.07, 6.45) is 5.14. The lowest BCUT2D eigenvalue weighted by molar-refractivity contribution is 0.0601. The molecule has 1 fully saturated rings. The number of anilines is 1. The SMILES string of the molecule is COC(=O)c1cccc(NC2CCCCC2C(C)C)c1. The first-order chi connectivity index (χ1) is 9.61. The van der Waals surface area contributed by atoms with Crippen LogP contribution in [-0.4, -0.2) is 19.1 Å². The number of benzene rings is 1. The van der Waals surface area contributed by atoms with Crippen LogP contribution in [0.5, 0.6) is 0 Å². The van der Waals surface area contributed by atoms with Gasteiger partial charge in [0.1, 0.15) is 0 Å². The highest BCUT2D eigenvalue weighted by molar-refractivity contribution is 5.90. The molecule has 0 bridgehead atoms. The Kier molecular flexibility index (Phi) is 5.05. The molecule has 1 aliphatic carbocycles. The van der Waals surface area contributed by atoms with Gasteiger partial charge in [-0.1, -0.05) is 32.8 Å². The van der Waals surface area contributed by atoms with Crippen molar-refractivity contribution in [1.29, 1.82) is 0 Å². The van der Waals surface area contributed by atoms with Gasteiger partial charge in [-0.2, -0.15) is 0 Å². The summed E-state index contributed by atoms with van der Waals surface area (Å²) in [5.41, 5.74) is 1.62. The van der Waals surface area contributed by atoms with Crippen LogP contribution >= 0.6 is 0 Å². The third-order valence-electron chi connectivity index (χ3n) is 4.31. The van der Waals surface area contributed by atoms with Crippen molar-refractivity contribution in [3.05, 3.63) is 29.8 Å². The maximum Gasteiger partial charge on any atom is 0.337 e. The van der Waals surface area contributed by atoms with Crippen LogP contribution in [0.2, 0.25) is 0 Å². The molecule has 110 valence electrons. The minimum atomic E-state index is -0.280. The minimum absolute atomic E-state index is 0.280. The van der Waals surface area contributed by atoms with Crippen LogP contribution in [0.3, 0.4) is 0 Å². The summed E-state index contributed by atoms with van der Waals surface area (Å²) in [5, 5.41) is 3.62. The van der Waals surface area contributed by atoms with E-state index in [0.29, 0.717) is 23.4 Å². The molecular formula is C17H25NO2. The van der Waals surface area contributed by atoms with E-state index in [9.17, 15) is 4.79 Å². The van der Waals surface area contributed by atoms with Gasteiger partial charge >= 0.3 is 5.97 Å². The van der Waals surface area contributed by atoms with E-state index in [1.54, 1.807) is 6.07 Å². The van der Waals surface area contributed by atoms with Crippen molar-refractivity contribution in [2.45, 2.75) is 45.6 Å². The predicted molar refractivity (Wildman–Crippen MR) is 82.0 cm³/mol. The summed E-state index contributed by atoms with van der Waals surface area (Å²) in [4.78, 5) is 11.6. The van der Waals surface area contributed by atoms with E-state index in [4.69, 9.17) is 4.74 Å². The summed E-state index contributed by atoms with van der Waals surface area (Å²) in [6.45, 7) is 4.60. The summed E-state index contributed by atoms with van der Waals surface area (Å²) >= 11 is 0. The van der Waals surface area contributed by atoms with Crippen molar-refractivity contribution in [1.82, 2.24) is 0 Å². The zero-order valence-corrected chi connectivity index (χ0v) is 12.7. The van der Waals surface area contributed by atoms with Crippen LogP contribution in [0.15, 0.2) is 24.3 Å². The molecule has 3 heteroatoms. The number of esters is 1. The fourth-order valence-electron chi connectivity index (χ4n) is 3.20. The lowest BCUT2D eigenvalue weighted by Crippen LogP contribution is -2.35. The van der Waals surface area contributed by atoms with Gasteiger partial charge < -0.3 is 10.1 Å². The summed E-state index contributed by atoms with van der Waals surface area (Å²) in [6, 6.07) is 8.12. The Bertz CT molecular complexity index is 456. The average Bonchev–Trinajstić information content (AvgIpc) is 2.47. The third-order valence-corrected chi connectivity index (χ3v) is 4.31. The summed E-state index contributed by atoms with van der Waals surface area (Å²) in [7, 11) is 1.42. The first kappa shape index (κ1) is 14.9. The molecule has 2 unspecified atom stereocenters. The highest BCUT2D eigenvalue weighted by Gasteiger charge is 2.27. The molecular weight excluding hydrogens is 250 g/mol. The van der Waals surface area contributed by atoms with Gasteiger partial charge in [-0.15, -0.1) is 0 Å². The van der Waals surface area contributed by atoms with E-state index in [1.807, 2.05) is 18.2 Å². The van der Waals surface area contributed by atoms with Crippen LogP contribution in [0, 0.1) is 11.8 Å². The number of carbonyl (C=O) groups is 1. The summed E-state index contributed by atoms with van der Waals surface area (Å²) < 4.78 is 4.77. The number of methoxy groups -OCH3 is 1. The molecule has 0 spiro atoms. The first-order valence-electron chi connectivity index (χ1n) is 7.56. The maximum atomic E-state index is 11.6. The number of rotatable bonds is 4. The van der Waals surface area contributed by atoms with Gasteiger partial charge in [0.15, 0.2) is 0 Å². The zero-order valence-electron chi connectivity index (χ0n) is 12.7. The molecule has 3 nitrogen and oxygen atoms in total. The molecule has 2 rings (SSSR count). The van der Waals surface area contributed by atoms with Crippen molar-refractivity contribution < 1.29 is 9.53 Å². The number of carbonyl (C=O) groups excluding carboxylic acids is 1. The molecule has 0 aliphatic heterocycles. The summed E-state index contributed by atoms with van der Waals surface area (Å²) in [5.74, 6) is 1.12. The zero-order chi connectivity index (χ0) is 14.5. The Morgan fingerprint density at radius 1 is 1.30 bits per heavy atom. The van der Waals surface area contributed by atoms with E-state index >= 15 is 0 Å². The Balaban J connectivity index is 2.10. The molecule has 2 atom stereocenters. The molecule has 0 amide bonds. The highest BCUT2D eigenvalue weighted by atomic mass is 16.5. The quantitative estimate of drug-likeness (QED) is 0.841. The fraction of sp³-hybridized carbons (Fsp3) is 0.588. The van der Waals surface area contributed by atoms with Crippen molar-refractivity contribution in [2.75, 3.05) is 12.4 Å². The third kappa shape index (κ3) is 3.53. The second-order valence-corrected chi connectivity index (χ2v) is 6.02. The molecule has 1 aliphatic rings. The number of nitrogens with one attached hydrogen (secondary N) is 1. The molecule has 1 aromatic carbocycles. The van der Waals surface area contributed by atoms with Gasteiger partial charge in [-0.05, 0) is 42.9 Å².